The third kappa shape index (κ3) is 3.34. The second-order valence-corrected chi connectivity index (χ2v) is 6.51. The zero-order valence-electron chi connectivity index (χ0n) is 16.7. The van der Waals surface area contributed by atoms with Crippen molar-refractivity contribution in [3.8, 4) is 34.2 Å². The Morgan fingerprint density at radius 2 is 1.73 bits per heavy atom. The summed E-state index contributed by atoms with van der Waals surface area (Å²) in [4.78, 5) is 17.0. The maximum absolute atomic E-state index is 13.4. The number of carbonyl (C=O) groups is 1. The molecule has 2 heterocycles. The standard InChI is InChI=1S/C23H19FN2O4/c1-25-22(27)20-17-12-14(16-9-11-19(28-2)26-23(16)29-3)6-10-18(17)30-21(20)13-4-7-15(24)8-5-13/h4-12H,1-3H3,(H,25,27). The first-order valence-corrected chi connectivity index (χ1v) is 9.19. The van der Waals surface area contributed by atoms with Gasteiger partial charge in [0.15, 0.2) is 0 Å². The van der Waals surface area contributed by atoms with Gasteiger partial charge in [-0.05, 0) is 48.0 Å². The molecule has 0 saturated carbocycles. The molecule has 1 amide bonds. The quantitative estimate of drug-likeness (QED) is 0.521. The summed E-state index contributed by atoms with van der Waals surface area (Å²) >= 11 is 0. The minimum atomic E-state index is -0.363. The Labute approximate surface area is 172 Å². The highest BCUT2D eigenvalue weighted by Crippen LogP contribution is 2.38. The molecule has 0 aliphatic heterocycles. The van der Waals surface area contributed by atoms with Gasteiger partial charge in [-0.15, -0.1) is 0 Å². The molecule has 0 spiro atoms. The summed E-state index contributed by atoms with van der Waals surface area (Å²) in [6, 6.07) is 14.9. The maximum atomic E-state index is 13.4. The van der Waals surface area contributed by atoms with Crippen LogP contribution in [0.3, 0.4) is 0 Å². The Bertz CT molecular complexity index is 1230. The van der Waals surface area contributed by atoms with E-state index in [2.05, 4.69) is 10.3 Å². The van der Waals surface area contributed by atoms with Crippen LogP contribution in [0.4, 0.5) is 4.39 Å². The lowest BCUT2D eigenvalue weighted by molar-refractivity contribution is 0.0964. The molecule has 7 heteroatoms. The first-order valence-electron chi connectivity index (χ1n) is 9.19. The number of benzene rings is 2. The first kappa shape index (κ1) is 19.4. The van der Waals surface area contributed by atoms with E-state index in [4.69, 9.17) is 13.9 Å². The van der Waals surface area contributed by atoms with Gasteiger partial charge in [0.25, 0.3) is 5.91 Å². The predicted octanol–water partition coefficient (Wildman–Crippen LogP) is 4.68. The van der Waals surface area contributed by atoms with Crippen molar-refractivity contribution in [3.63, 3.8) is 0 Å². The second-order valence-electron chi connectivity index (χ2n) is 6.51. The van der Waals surface area contributed by atoms with E-state index < -0.39 is 0 Å². The Kier molecular flexibility index (Phi) is 5.10. The number of pyridine rings is 1. The molecule has 0 atom stereocenters. The average molecular weight is 406 g/mol. The van der Waals surface area contributed by atoms with Gasteiger partial charge in [-0.3, -0.25) is 4.79 Å². The number of halogens is 1. The third-order valence-electron chi connectivity index (χ3n) is 4.80. The van der Waals surface area contributed by atoms with Gasteiger partial charge in [-0.2, -0.15) is 4.98 Å². The topological polar surface area (TPSA) is 73.6 Å². The van der Waals surface area contributed by atoms with Crippen LogP contribution in [-0.4, -0.2) is 32.2 Å². The lowest BCUT2D eigenvalue weighted by atomic mass is 10.0. The first-order chi connectivity index (χ1) is 14.5. The Morgan fingerprint density at radius 1 is 1.00 bits per heavy atom. The molecule has 2 aromatic carbocycles. The molecule has 4 rings (SSSR count). The van der Waals surface area contributed by atoms with Gasteiger partial charge in [0.05, 0.1) is 19.8 Å². The van der Waals surface area contributed by atoms with Crippen LogP contribution in [0.1, 0.15) is 10.4 Å². The van der Waals surface area contributed by atoms with Crippen molar-refractivity contribution in [1.82, 2.24) is 10.3 Å². The van der Waals surface area contributed by atoms with Gasteiger partial charge < -0.3 is 19.2 Å². The fourth-order valence-corrected chi connectivity index (χ4v) is 3.33. The van der Waals surface area contributed by atoms with E-state index in [9.17, 15) is 9.18 Å². The van der Waals surface area contributed by atoms with E-state index in [1.165, 1.54) is 26.4 Å². The molecule has 2 aromatic heterocycles. The molecule has 152 valence electrons. The maximum Gasteiger partial charge on any atom is 0.255 e. The van der Waals surface area contributed by atoms with Gasteiger partial charge in [0, 0.05) is 29.6 Å². The Hall–Kier alpha value is -3.87. The van der Waals surface area contributed by atoms with Gasteiger partial charge in [0.2, 0.25) is 11.8 Å². The van der Waals surface area contributed by atoms with Crippen LogP contribution in [0.5, 0.6) is 11.8 Å². The number of methoxy groups -OCH3 is 2. The highest BCUT2D eigenvalue weighted by Gasteiger charge is 2.22. The molecule has 0 aliphatic rings. The van der Waals surface area contributed by atoms with Crippen LogP contribution in [0, 0.1) is 5.82 Å². The number of hydrogen-bond acceptors (Lipinski definition) is 5. The number of carbonyl (C=O) groups excluding carboxylic acids is 1. The normalized spacial score (nSPS) is 10.8. The number of nitrogens with zero attached hydrogens (tertiary/aromatic N) is 1. The molecule has 0 aliphatic carbocycles. The molecule has 0 radical (unpaired) electrons. The lowest BCUT2D eigenvalue weighted by Crippen LogP contribution is -2.18. The fraction of sp³-hybridized carbons (Fsp3) is 0.130. The zero-order valence-corrected chi connectivity index (χ0v) is 16.7. The molecule has 6 nitrogen and oxygen atoms in total. The third-order valence-corrected chi connectivity index (χ3v) is 4.80. The number of furan rings is 1. The van der Waals surface area contributed by atoms with Crippen molar-refractivity contribution in [3.05, 3.63) is 66.0 Å². The van der Waals surface area contributed by atoms with Crippen molar-refractivity contribution >= 4 is 16.9 Å². The van der Waals surface area contributed by atoms with Crippen LogP contribution in [-0.2, 0) is 0 Å². The SMILES string of the molecule is CNC(=O)c1c(-c2ccc(F)cc2)oc2ccc(-c3ccc(OC)nc3OC)cc12. The fourth-order valence-electron chi connectivity index (χ4n) is 3.33. The summed E-state index contributed by atoms with van der Waals surface area (Å²) in [7, 11) is 4.62. The second kappa shape index (κ2) is 7.87. The molecule has 0 bridgehead atoms. The van der Waals surface area contributed by atoms with E-state index in [1.54, 1.807) is 31.3 Å². The number of ether oxygens (including phenoxy) is 2. The number of nitrogens with one attached hydrogen (secondary N) is 1. The Balaban J connectivity index is 1.93. The van der Waals surface area contributed by atoms with E-state index in [0.717, 1.165) is 11.1 Å². The minimum absolute atomic E-state index is 0.301. The molecule has 0 fully saturated rings. The van der Waals surface area contributed by atoms with Gasteiger partial charge in [-0.1, -0.05) is 6.07 Å². The molecular weight excluding hydrogens is 387 g/mol. The summed E-state index contributed by atoms with van der Waals surface area (Å²) in [6.45, 7) is 0. The summed E-state index contributed by atoms with van der Waals surface area (Å²) < 4.78 is 29.9. The van der Waals surface area contributed by atoms with Crippen molar-refractivity contribution in [2.24, 2.45) is 0 Å². The van der Waals surface area contributed by atoms with Crippen LogP contribution >= 0.6 is 0 Å². The van der Waals surface area contributed by atoms with Crippen LogP contribution in [0.15, 0.2) is 59.0 Å². The van der Waals surface area contributed by atoms with Crippen molar-refractivity contribution in [2.45, 2.75) is 0 Å². The van der Waals surface area contributed by atoms with E-state index in [0.29, 0.717) is 39.6 Å². The van der Waals surface area contributed by atoms with Gasteiger partial charge in [0.1, 0.15) is 17.2 Å². The molecule has 1 N–H and O–H groups in total. The summed E-state index contributed by atoms with van der Waals surface area (Å²) in [5.41, 5.74) is 3.06. The van der Waals surface area contributed by atoms with Crippen molar-refractivity contribution in [1.29, 1.82) is 0 Å². The molecular formula is C23H19FN2O4. The van der Waals surface area contributed by atoms with Gasteiger partial charge >= 0.3 is 0 Å². The van der Waals surface area contributed by atoms with E-state index in [1.807, 2.05) is 18.2 Å². The van der Waals surface area contributed by atoms with E-state index >= 15 is 0 Å². The van der Waals surface area contributed by atoms with E-state index in [-0.39, 0.29) is 11.7 Å². The molecule has 0 saturated heterocycles. The number of hydrogen-bond donors (Lipinski definition) is 1. The van der Waals surface area contributed by atoms with Crippen LogP contribution < -0.4 is 14.8 Å². The Morgan fingerprint density at radius 3 is 2.40 bits per heavy atom. The molecule has 30 heavy (non-hydrogen) atoms. The van der Waals surface area contributed by atoms with Crippen LogP contribution in [0.2, 0.25) is 0 Å². The summed E-state index contributed by atoms with van der Waals surface area (Å²) in [6.07, 6.45) is 0. The average Bonchev–Trinajstić information content (AvgIpc) is 3.17. The zero-order chi connectivity index (χ0) is 21.3. The number of fused-ring (bicyclic) bond motifs is 1. The smallest absolute Gasteiger partial charge is 0.255 e. The number of rotatable bonds is 5. The highest BCUT2D eigenvalue weighted by molar-refractivity contribution is 6.11. The molecule has 4 aromatic rings. The van der Waals surface area contributed by atoms with Gasteiger partial charge in [-0.25, -0.2) is 4.39 Å². The predicted molar refractivity (Wildman–Crippen MR) is 111 cm³/mol. The number of amides is 1. The lowest BCUT2D eigenvalue weighted by Gasteiger charge is -2.09. The highest BCUT2D eigenvalue weighted by atomic mass is 19.1. The monoisotopic (exact) mass is 406 g/mol. The van der Waals surface area contributed by atoms with Crippen molar-refractivity contribution in [2.75, 3.05) is 21.3 Å². The summed E-state index contributed by atoms with van der Waals surface area (Å²) in [5, 5.41) is 3.28. The largest absolute Gasteiger partial charge is 0.481 e. The van der Waals surface area contributed by atoms with Crippen LogP contribution in [0.25, 0.3) is 33.4 Å². The molecule has 0 unspecified atom stereocenters. The summed E-state index contributed by atoms with van der Waals surface area (Å²) in [5.74, 6) is 0.547. The number of aromatic nitrogens is 1. The minimum Gasteiger partial charge on any atom is -0.481 e. The van der Waals surface area contributed by atoms with Crippen molar-refractivity contribution < 1.29 is 23.1 Å².